The van der Waals surface area contributed by atoms with Crippen LogP contribution in [-0.4, -0.2) is 4.98 Å². The third-order valence-electron chi connectivity index (χ3n) is 4.17. The second-order valence-corrected chi connectivity index (χ2v) is 7.00. The Morgan fingerprint density at radius 2 is 1.78 bits per heavy atom. The Hall–Kier alpha value is -3.42. The van der Waals surface area contributed by atoms with Crippen molar-refractivity contribution < 1.29 is 4.42 Å². The summed E-state index contributed by atoms with van der Waals surface area (Å²) >= 11 is 1.46. The molecule has 4 heteroatoms. The van der Waals surface area contributed by atoms with E-state index in [-0.39, 0.29) is 0 Å². The van der Waals surface area contributed by atoms with E-state index in [1.54, 1.807) is 6.08 Å². The van der Waals surface area contributed by atoms with E-state index in [9.17, 15) is 5.26 Å². The summed E-state index contributed by atoms with van der Waals surface area (Å²) in [6.45, 7) is 2.06. The quantitative estimate of drug-likeness (QED) is 0.389. The highest BCUT2D eigenvalue weighted by Gasteiger charge is 2.11. The van der Waals surface area contributed by atoms with E-state index >= 15 is 0 Å². The summed E-state index contributed by atoms with van der Waals surface area (Å²) in [4.78, 5) is 4.63. The minimum atomic E-state index is 0.493. The molecule has 0 aliphatic heterocycles. The number of allylic oxidation sites excluding steroid dienone is 1. The van der Waals surface area contributed by atoms with Gasteiger partial charge in [0.2, 0.25) is 0 Å². The number of aryl methyl sites for hydroxylation is 1. The lowest BCUT2D eigenvalue weighted by Gasteiger charge is -1.97. The van der Waals surface area contributed by atoms with Crippen LogP contribution in [0.5, 0.6) is 0 Å². The van der Waals surface area contributed by atoms with E-state index in [0.29, 0.717) is 16.3 Å². The second kappa shape index (κ2) is 7.45. The topological polar surface area (TPSA) is 49.8 Å². The van der Waals surface area contributed by atoms with Crippen molar-refractivity contribution >= 4 is 23.0 Å². The summed E-state index contributed by atoms with van der Waals surface area (Å²) in [5.41, 5.74) is 4.63. The van der Waals surface area contributed by atoms with Gasteiger partial charge in [0.25, 0.3) is 0 Å². The zero-order chi connectivity index (χ0) is 18.6. The Morgan fingerprint density at radius 3 is 2.52 bits per heavy atom. The van der Waals surface area contributed by atoms with Gasteiger partial charge in [-0.2, -0.15) is 5.26 Å². The maximum atomic E-state index is 9.59. The average molecular weight is 368 g/mol. The minimum Gasteiger partial charge on any atom is -0.457 e. The Kier molecular flexibility index (Phi) is 4.69. The Morgan fingerprint density at radius 1 is 1.00 bits per heavy atom. The molecule has 0 radical (unpaired) electrons. The first-order valence-electron chi connectivity index (χ1n) is 8.53. The highest BCUT2D eigenvalue weighted by atomic mass is 32.1. The van der Waals surface area contributed by atoms with Gasteiger partial charge in [-0.05, 0) is 19.1 Å². The highest BCUT2D eigenvalue weighted by Crippen LogP contribution is 2.29. The zero-order valence-corrected chi connectivity index (χ0v) is 15.5. The normalized spacial score (nSPS) is 11.3. The Labute approximate surface area is 161 Å². The predicted octanol–water partition coefficient (Wildman–Crippen LogP) is 6.44. The van der Waals surface area contributed by atoms with Crippen molar-refractivity contribution in [2.45, 2.75) is 6.92 Å². The molecule has 3 nitrogen and oxygen atoms in total. The molecule has 2 aromatic carbocycles. The number of nitriles is 1. The fourth-order valence-electron chi connectivity index (χ4n) is 2.73. The van der Waals surface area contributed by atoms with Crippen LogP contribution < -0.4 is 0 Å². The fraction of sp³-hybridized carbons (Fsp3) is 0.0435. The molecule has 0 atom stereocenters. The molecule has 0 saturated carbocycles. The van der Waals surface area contributed by atoms with Crippen molar-refractivity contribution in [2.24, 2.45) is 0 Å². The van der Waals surface area contributed by atoms with Gasteiger partial charge in [0, 0.05) is 22.6 Å². The molecule has 4 aromatic rings. The van der Waals surface area contributed by atoms with Crippen LogP contribution in [0.1, 0.15) is 16.3 Å². The lowest BCUT2D eigenvalue weighted by Crippen LogP contribution is -1.82. The number of thiazole rings is 1. The number of rotatable bonds is 4. The lowest BCUT2D eigenvalue weighted by molar-refractivity contribution is 0.572. The molecule has 0 fully saturated rings. The van der Waals surface area contributed by atoms with E-state index in [1.807, 2.05) is 60.0 Å². The number of aromatic nitrogens is 1. The zero-order valence-electron chi connectivity index (χ0n) is 14.7. The predicted molar refractivity (Wildman–Crippen MR) is 110 cm³/mol. The monoisotopic (exact) mass is 368 g/mol. The van der Waals surface area contributed by atoms with Gasteiger partial charge in [-0.1, -0.05) is 60.2 Å². The standard InChI is InChI=1S/C23H16N2OS/c1-16-7-9-17(10-8-16)21-15-27-23(25-21)19(14-24)13-20-11-12-22(26-20)18-5-3-2-4-6-18/h2-13,15H,1H3/b19-13-. The van der Waals surface area contributed by atoms with Gasteiger partial charge in [-0.25, -0.2) is 4.98 Å². The largest absolute Gasteiger partial charge is 0.457 e. The van der Waals surface area contributed by atoms with E-state index in [2.05, 4.69) is 30.1 Å². The van der Waals surface area contributed by atoms with Gasteiger partial charge >= 0.3 is 0 Å². The molecule has 0 aliphatic rings. The number of nitrogens with zero attached hydrogens (tertiary/aromatic N) is 2. The molecule has 0 aliphatic carbocycles. The van der Waals surface area contributed by atoms with E-state index in [4.69, 9.17) is 4.42 Å². The van der Waals surface area contributed by atoms with Crippen LogP contribution in [0, 0.1) is 18.3 Å². The first-order valence-corrected chi connectivity index (χ1v) is 9.41. The molecule has 4 rings (SSSR count). The molecule has 2 heterocycles. The fourth-order valence-corrected chi connectivity index (χ4v) is 3.52. The second-order valence-electron chi connectivity index (χ2n) is 6.14. The van der Waals surface area contributed by atoms with Crippen molar-refractivity contribution in [2.75, 3.05) is 0 Å². The van der Waals surface area contributed by atoms with Crippen LogP contribution in [0.2, 0.25) is 0 Å². The van der Waals surface area contributed by atoms with Gasteiger partial charge in [-0.15, -0.1) is 11.3 Å². The maximum absolute atomic E-state index is 9.59. The molecular weight excluding hydrogens is 352 g/mol. The summed E-state index contributed by atoms with van der Waals surface area (Å²) in [5.74, 6) is 1.41. The number of furan rings is 1. The van der Waals surface area contributed by atoms with Crippen LogP contribution in [0.3, 0.4) is 0 Å². The van der Waals surface area contributed by atoms with Crippen molar-refractivity contribution in [1.82, 2.24) is 4.98 Å². The van der Waals surface area contributed by atoms with Gasteiger partial charge in [0.15, 0.2) is 0 Å². The molecule has 0 bridgehead atoms. The summed E-state index contributed by atoms with van der Waals surface area (Å²) in [6, 6.07) is 24.1. The van der Waals surface area contributed by atoms with E-state index in [0.717, 1.165) is 22.6 Å². The van der Waals surface area contributed by atoms with Crippen molar-refractivity contribution in [3.63, 3.8) is 0 Å². The molecular formula is C23H16N2OS. The molecule has 0 N–H and O–H groups in total. The third kappa shape index (κ3) is 3.74. The van der Waals surface area contributed by atoms with Crippen LogP contribution in [0.25, 0.3) is 34.2 Å². The molecule has 27 heavy (non-hydrogen) atoms. The lowest BCUT2D eigenvalue weighted by atomic mass is 10.1. The average Bonchev–Trinajstić information content (AvgIpc) is 3.37. The maximum Gasteiger partial charge on any atom is 0.134 e. The summed E-state index contributed by atoms with van der Waals surface area (Å²) in [5, 5.41) is 12.2. The van der Waals surface area contributed by atoms with E-state index in [1.165, 1.54) is 16.9 Å². The SMILES string of the molecule is Cc1ccc(-c2csc(/C(C#N)=C\c3ccc(-c4ccccc4)o3)n2)cc1. The molecule has 0 amide bonds. The van der Waals surface area contributed by atoms with Crippen molar-refractivity contribution in [1.29, 1.82) is 5.26 Å². The third-order valence-corrected chi connectivity index (χ3v) is 5.05. The first-order chi connectivity index (χ1) is 13.2. The molecule has 0 saturated heterocycles. The first kappa shape index (κ1) is 17.0. The molecule has 130 valence electrons. The van der Waals surface area contributed by atoms with Crippen molar-refractivity contribution in [3.8, 4) is 28.7 Å². The van der Waals surface area contributed by atoms with Gasteiger partial charge in [0.05, 0.1) is 11.3 Å². The Bertz CT molecular complexity index is 1130. The summed E-state index contributed by atoms with van der Waals surface area (Å²) in [7, 11) is 0. The summed E-state index contributed by atoms with van der Waals surface area (Å²) < 4.78 is 5.88. The van der Waals surface area contributed by atoms with Crippen LogP contribution >= 0.6 is 11.3 Å². The van der Waals surface area contributed by atoms with Crippen LogP contribution in [-0.2, 0) is 0 Å². The minimum absolute atomic E-state index is 0.493. The van der Waals surface area contributed by atoms with Gasteiger partial charge < -0.3 is 4.42 Å². The number of benzene rings is 2. The Balaban J connectivity index is 1.62. The molecule has 0 spiro atoms. The summed E-state index contributed by atoms with van der Waals surface area (Å²) in [6.07, 6.45) is 1.74. The molecule has 0 unspecified atom stereocenters. The highest BCUT2D eigenvalue weighted by molar-refractivity contribution is 7.11. The van der Waals surface area contributed by atoms with Crippen LogP contribution in [0.15, 0.2) is 76.5 Å². The van der Waals surface area contributed by atoms with Gasteiger partial charge in [0.1, 0.15) is 22.6 Å². The molecule has 2 aromatic heterocycles. The van der Waals surface area contributed by atoms with E-state index < -0.39 is 0 Å². The smallest absolute Gasteiger partial charge is 0.134 e. The van der Waals surface area contributed by atoms with Gasteiger partial charge in [-0.3, -0.25) is 0 Å². The van der Waals surface area contributed by atoms with Crippen LogP contribution in [0.4, 0.5) is 0 Å². The number of hydrogen-bond donors (Lipinski definition) is 0. The number of hydrogen-bond acceptors (Lipinski definition) is 4. The van der Waals surface area contributed by atoms with Crippen molar-refractivity contribution in [3.05, 3.63) is 88.4 Å².